The molecule has 0 fully saturated rings. The van der Waals surface area contributed by atoms with Crippen LogP contribution in [0, 0.1) is 0 Å². The summed E-state index contributed by atoms with van der Waals surface area (Å²) in [5, 5.41) is 11.2. The highest BCUT2D eigenvalue weighted by molar-refractivity contribution is 7.04. The first-order chi connectivity index (χ1) is 17.1. The van der Waals surface area contributed by atoms with Gasteiger partial charge in [-0.25, -0.2) is 0 Å². The summed E-state index contributed by atoms with van der Waals surface area (Å²) < 4.78 is 26.6. The van der Waals surface area contributed by atoms with E-state index in [9.17, 15) is 4.79 Å². The van der Waals surface area contributed by atoms with E-state index in [4.69, 9.17) is 18.9 Å². The zero-order valence-electron chi connectivity index (χ0n) is 20.7. The molecular weight excluding hydrogens is 468 g/mol. The predicted molar refractivity (Wildman–Crippen MR) is 139 cm³/mol. The van der Waals surface area contributed by atoms with Crippen molar-refractivity contribution >= 4 is 23.1 Å². The first-order valence-corrected chi connectivity index (χ1v) is 12.0. The van der Waals surface area contributed by atoms with Crippen molar-refractivity contribution in [2.24, 2.45) is 0 Å². The number of aromatic nitrogens is 1. The number of ether oxygens (including phenoxy) is 4. The molecule has 1 aromatic heterocycles. The van der Waals surface area contributed by atoms with Crippen LogP contribution in [0.3, 0.4) is 0 Å². The highest BCUT2D eigenvalue weighted by atomic mass is 32.1. The Morgan fingerprint density at radius 2 is 1.60 bits per heavy atom. The molecule has 0 saturated carbocycles. The third kappa shape index (κ3) is 6.41. The Balaban J connectivity index is 1.89. The monoisotopic (exact) mass is 500 g/mol. The van der Waals surface area contributed by atoms with E-state index in [1.807, 2.05) is 42.8 Å². The second-order valence-corrected chi connectivity index (χ2v) is 8.19. The van der Waals surface area contributed by atoms with Crippen LogP contribution in [0.4, 0.5) is 5.69 Å². The first-order valence-electron chi connectivity index (χ1n) is 11.1. The Morgan fingerprint density at radius 3 is 2.23 bits per heavy atom. The second-order valence-electron chi connectivity index (χ2n) is 7.56. The highest BCUT2D eigenvalue weighted by Crippen LogP contribution is 2.44. The van der Waals surface area contributed by atoms with Crippen molar-refractivity contribution in [2.45, 2.75) is 6.42 Å². The summed E-state index contributed by atoms with van der Waals surface area (Å²) in [6.07, 6.45) is 0.355. The lowest BCUT2D eigenvalue weighted by Crippen LogP contribution is -2.28. The summed E-state index contributed by atoms with van der Waals surface area (Å²) in [6.45, 7) is 2.24. The standard InChI is InChI=1S/C25H32N4O5S/c1-26-10-11-27-9-8-23(30)28-19-12-16(6-7-20(19)31-2)18-15-35-29-24(18)17-13-21(32-3)25(34-5)22(14-17)33-4/h6-7,12-15,26-27H,8-11H2,1-5H3,(H,28,30). The molecule has 3 aromatic rings. The average Bonchev–Trinajstić information content (AvgIpc) is 3.37. The zero-order valence-corrected chi connectivity index (χ0v) is 21.5. The van der Waals surface area contributed by atoms with Gasteiger partial charge >= 0.3 is 0 Å². The molecule has 0 atom stereocenters. The first kappa shape index (κ1) is 26.3. The Bertz CT molecular complexity index is 1110. The van der Waals surface area contributed by atoms with Crippen molar-refractivity contribution in [3.05, 3.63) is 35.7 Å². The number of likely N-dealkylation sites (N-methyl/N-ethyl adjacent to an activating group) is 1. The smallest absolute Gasteiger partial charge is 0.225 e. The van der Waals surface area contributed by atoms with Crippen LogP contribution in [0.1, 0.15) is 6.42 Å². The number of rotatable bonds is 13. The molecule has 0 radical (unpaired) electrons. The summed E-state index contributed by atoms with van der Waals surface area (Å²) in [6, 6.07) is 9.42. The van der Waals surface area contributed by atoms with Crippen molar-refractivity contribution in [3.63, 3.8) is 0 Å². The van der Waals surface area contributed by atoms with Crippen LogP contribution < -0.4 is 34.9 Å². The van der Waals surface area contributed by atoms with E-state index in [1.54, 1.807) is 28.4 Å². The lowest BCUT2D eigenvalue weighted by molar-refractivity contribution is -0.116. The molecular formula is C25H32N4O5S. The number of carbonyl (C=O) groups is 1. The van der Waals surface area contributed by atoms with Gasteiger partial charge in [0, 0.05) is 42.6 Å². The van der Waals surface area contributed by atoms with Gasteiger partial charge in [0.05, 0.1) is 39.8 Å². The molecule has 9 nitrogen and oxygen atoms in total. The van der Waals surface area contributed by atoms with Gasteiger partial charge in [0.2, 0.25) is 11.7 Å². The summed E-state index contributed by atoms with van der Waals surface area (Å²) in [5.74, 6) is 2.11. The molecule has 188 valence electrons. The number of methoxy groups -OCH3 is 4. The summed E-state index contributed by atoms with van der Waals surface area (Å²) in [7, 11) is 8.20. The van der Waals surface area contributed by atoms with Crippen LogP contribution in [-0.2, 0) is 4.79 Å². The van der Waals surface area contributed by atoms with Gasteiger partial charge < -0.3 is 34.9 Å². The number of hydrogen-bond donors (Lipinski definition) is 3. The minimum absolute atomic E-state index is 0.0919. The van der Waals surface area contributed by atoms with Gasteiger partial charge in [0.1, 0.15) is 5.75 Å². The van der Waals surface area contributed by atoms with Crippen LogP contribution in [0.25, 0.3) is 22.4 Å². The fourth-order valence-corrected chi connectivity index (χ4v) is 4.31. The fourth-order valence-electron chi connectivity index (χ4n) is 3.59. The normalized spacial score (nSPS) is 10.7. The van der Waals surface area contributed by atoms with E-state index in [0.29, 0.717) is 41.7 Å². The summed E-state index contributed by atoms with van der Waals surface area (Å²) >= 11 is 1.35. The van der Waals surface area contributed by atoms with Crippen molar-refractivity contribution in [1.29, 1.82) is 0 Å². The van der Waals surface area contributed by atoms with E-state index in [2.05, 4.69) is 20.3 Å². The van der Waals surface area contributed by atoms with Gasteiger partial charge in [-0.05, 0) is 48.4 Å². The number of nitrogens with one attached hydrogen (secondary N) is 3. The maximum Gasteiger partial charge on any atom is 0.225 e. The Hall–Kier alpha value is -3.34. The molecule has 0 aliphatic heterocycles. The molecule has 0 unspecified atom stereocenters. The van der Waals surface area contributed by atoms with Crippen LogP contribution >= 0.6 is 11.5 Å². The number of amides is 1. The van der Waals surface area contributed by atoms with Crippen molar-refractivity contribution in [2.75, 3.05) is 60.4 Å². The van der Waals surface area contributed by atoms with Crippen molar-refractivity contribution in [3.8, 4) is 45.4 Å². The van der Waals surface area contributed by atoms with E-state index in [-0.39, 0.29) is 5.91 Å². The fraction of sp³-hybridized carbons (Fsp3) is 0.360. The van der Waals surface area contributed by atoms with Crippen LogP contribution in [0.15, 0.2) is 35.7 Å². The van der Waals surface area contributed by atoms with Gasteiger partial charge in [-0.3, -0.25) is 4.79 Å². The van der Waals surface area contributed by atoms with E-state index >= 15 is 0 Å². The zero-order chi connectivity index (χ0) is 25.2. The van der Waals surface area contributed by atoms with Gasteiger partial charge in [-0.2, -0.15) is 4.37 Å². The lowest BCUT2D eigenvalue weighted by atomic mass is 10.0. The molecule has 1 amide bonds. The Labute approximate surface area is 209 Å². The maximum atomic E-state index is 12.5. The number of benzene rings is 2. The number of nitrogens with zero attached hydrogens (tertiary/aromatic N) is 1. The molecule has 0 aliphatic carbocycles. The molecule has 10 heteroatoms. The average molecular weight is 501 g/mol. The highest BCUT2D eigenvalue weighted by Gasteiger charge is 2.19. The molecule has 0 saturated heterocycles. The van der Waals surface area contributed by atoms with E-state index in [0.717, 1.165) is 35.5 Å². The third-order valence-electron chi connectivity index (χ3n) is 5.37. The minimum Gasteiger partial charge on any atom is -0.495 e. The quantitative estimate of drug-likeness (QED) is 0.306. The van der Waals surface area contributed by atoms with Gasteiger partial charge in [0.25, 0.3) is 0 Å². The molecule has 1 heterocycles. The molecule has 3 N–H and O–H groups in total. The lowest BCUT2D eigenvalue weighted by Gasteiger charge is -2.15. The molecule has 0 aliphatic rings. The Kier molecular flexibility index (Phi) is 9.71. The van der Waals surface area contributed by atoms with Crippen LogP contribution in [0.5, 0.6) is 23.0 Å². The molecule has 35 heavy (non-hydrogen) atoms. The number of anilines is 1. The molecule has 3 rings (SSSR count). The summed E-state index contributed by atoms with van der Waals surface area (Å²) in [5.41, 5.74) is 4.00. The van der Waals surface area contributed by atoms with Gasteiger partial charge in [-0.15, -0.1) is 0 Å². The third-order valence-corrected chi connectivity index (χ3v) is 6.00. The molecule has 0 bridgehead atoms. The number of carbonyl (C=O) groups excluding carboxylic acids is 1. The molecule has 0 spiro atoms. The van der Waals surface area contributed by atoms with E-state index < -0.39 is 0 Å². The van der Waals surface area contributed by atoms with Gasteiger partial charge in [-0.1, -0.05) is 6.07 Å². The van der Waals surface area contributed by atoms with E-state index in [1.165, 1.54) is 11.5 Å². The minimum atomic E-state index is -0.0919. The SMILES string of the molecule is CNCCNCCC(=O)Nc1cc(-c2csnc2-c2cc(OC)c(OC)c(OC)c2)ccc1OC. The van der Waals surface area contributed by atoms with Crippen molar-refractivity contribution < 1.29 is 23.7 Å². The topological polar surface area (TPSA) is 103 Å². The van der Waals surface area contributed by atoms with Crippen molar-refractivity contribution in [1.82, 2.24) is 15.0 Å². The number of hydrogen-bond acceptors (Lipinski definition) is 9. The van der Waals surface area contributed by atoms with Gasteiger partial charge in [0.15, 0.2) is 11.5 Å². The Morgan fingerprint density at radius 1 is 0.886 bits per heavy atom. The summed E-state index contributed by atoms with van der Waals surface area (Å²) in [4.78, 5) is 12.5. The largest absolute Gasteiger partial charge is 0.495 e. The molecule has 2 aromatic carbocycles. The maximum absolute atomic E-state index is 12.5. The van der Waals surface area contributed by atoms with Crippen LogP contribution in [0.2, 0.25) is 0 Å². The van der Waals surface area contributed by atoms with Crippen LogP contribution in [-0.4, -0.2) is 65.4 Å². The predicted octanol–water partition coefficient (Wildman–Crippen LogP) is 3.65. The second kappa shape index (κ2) is 12.9.